The van der Waals surface area contributed by atoms with Crippen LogP contribution < -0.4 is 5.73 Å². The van der Waals surface area contributed by atoms with E-state index in [1.165, 1.54) is 25.7 Å². The molecule has 2 unspecified atom stereocenters. The second kappa shape index (κ2) is 6.36. The highest BCUT2D eigenvalue weighted by Gasteiger charge is 2.34. The molecule has 3 nitrogen and oxygen atoms in total. The Labute approximate surface area is 112 Å². The molecule has 0 aromatic carbocycles. The van der Waals surface area contributed by atoms with Crippen LogP contribution in [0.5, 0.6) is 0 Å². The monoisotopic (exact) mass is 254 g/mol. The zero-order valence-corrected chi connectivity index (χ0v) is 12.0. The zero-order chi connectivity index (χ0) is 13.1. The quantitative estimate of drug-likeness (QED) is 0.660. The van der Waals surface area contributed by atoms with E-state index in [1.807, 2.05) is 0 Å². The number of rotatable bonds is 9. The Morgan fingerprint density at radius 1 is 1.11 bits per heavy atom. The van der Waals surface area contributed by atoms with Crippen LogP contribution in [-0.4, -0.2) is 41.8 Å². The predicted octanol–water partition coefficient (Wildman–Crippen LogP) is 1.84. The molecule has 2 aliphatic carbocycles. The number of hydrogen-bond acceptors (Lipinski definition) is 3. The molecule has 0 aromatic rings. The van der Waals surface area contributed by atoms with Crippen LogP contribution in [0.3, 0.4) is 0 Å². The van der Waals surface area contributed by atoms with Crippen molar-refractivity contribution in [3.05, 3.63) is 0 Å². The molecule has 18 heavy (non-hydrogen) atoms. The summed E-state index contributed by atoms with van der Waals surface area (Å²) in [5, 5.41) is 9.72. The lowest BCUT2D eigenvalue weighted by Gasteiger charge is -2.35. The van der Waals surface area contributed by atoms with Crippen molar-refractivity contribution in [2.45, 2.75) is 58.0 Å². The van der Waals surface area contributed by atoms with Crippen molar-refractivity contribution in [2.24, 2.45) is 23.5 Å². The molecule has 0 saturated heterocycles. The summed E-state index contributed by atoms with van der Waals surface area (Å²) in [6.07, 6.45) is 6.51. The normalized spacial score (nSPS) is 23.7. The molecule has 0 heterocycles. The van der Waals surface area contributed by atoms with Gasteiger partial charge >= 0.3 is 0 Å². The van der Waals surface area contributed by atoms with Crippen molar-refractivity contribution in [3.63, 3.8) is 0 Å². The van der Waals surface area contributed by atoms with Crippen LogP contribution in [0, 0.1) is 17.8 Å². The molecule has 0 radical (unpaired) electrons. The lowest BCUT2D eigenvalue weighted by Crippen LogP contribution is -2.52. The maximum atomic E-state index is 9.72. The van der Waals surface area contributed by atoms with Crippen LogP contribution in [0.15, 0.2) is 0 Å². The molecular formula is C15H30N2O. The Bertz CT molecular complexity index is 235. The van der Waals surface area contributed by atoms with E-state index in [0.717, 1.165) is 31.3 Å². The molecule has 0 aromatic heterocycles. The van der Waals surface area contributed by atoms with Crippen molar-refractivity contribution < 1.29 is 5.11 Å². The molecule has 2 fully saturated rings. The van der Waals surface area contributed by atoms with Gasteiger partial charge in [-0.05, 0) is 49.9 Å². The second-order valence-corrected chi connectivity index (χ2v) is 6.88. The van der Waals surface area contributed by atoms with E-state index in [2.05, 4.69) is 18.7 Å². The van der Waals surface area contributed by atoms with Gasteiger partial charge < -0.3 is 10.8 Å². The zero-order valence-electron chi connectivity index (χ0n) is 12.0. The van der Waals surface area contributed by atoms with Crippen molar-refractivity contribution in [1.82, 2.24) is 4.90 Å². The molecule has 3 heteroatoms. The molecule has 0 spiro atoms. The first kappa shape index (κ1) is 14.3. The van der Waals surface area contributed by atoms with Gasteiger partial charge in [-0.2, -0.15) is 0 Å². The number of aliphatic hydroxyl groups excluding tert-OH is 1. The SMILES string of the molecule is CC(C)CC(N)C(CO)N(CC1CC1)CC1CC1. The summed E-state index contributed by atoms with van der Waals surface area (Å²) in [5.41, 5.74) is 6.32. The Balaban J connectivity index is 1.89. The minimum atomic E-state index is 0.118. The maximum Gasteiger partial charge on any atom is 0.0601 e. The summed E-state index contributed by atoms with van der Waals surface area (Å²) >= 11 is 0. The fourth-order valence-corrected chi connectivity index (χ4v) is 2.83. The minimum absolute atomic E-state index is 0.118. The molecule has 0 bridgehead atoms. The van der Waals surface area contributed by atoms with E-state index < -0.39 is 0 Å². The summed E-state index contributed by atoms with van der Waals surface area (Å²) in [6, 6.07) is 0.293. The van der Waals surface area contributed by atoms with Gasteiger partial charge in [-0.25, -0.2) is 0 Å². The van der Waals surface area contributed by atoms with Gasteiger partial charge in [0.15, 0.2) is 0 Å². The van der Waals surface area contributed by atoms with Crippen LogP contribution in [0.4, 0.5) is 0 Å². The first-order chi connectivity index (χ1) is 8.60. The summed E-state index contributed by atoms with van der Waals surface area (Å²) in [5.74, 6) is 2.37. The third kappa shape index (κ3) is 4.52. The molecular weight excluding hydrogens is 224 g/mol. The van der Waals surface area contributed by atoms with Crippen LogP contribution in [0.25, 0.3) is 0 Å². The number of aliphatic hydroxyl groups is 1. The topological polar surface area (TPSA) is 49.5 Å². The molecule has 0 amide bonds. The molecule has 2 aliphatic rings. The van der Waals surface area contributed by atoms with Crippen molar-refractivity contribution in [1.29, 1.82) is 0 Å². The maximum absolute atomic E-state index is 9.72. The summed E-state index contributed by atoms with van der Waals surface area (Å²) < 4.78 is 0. The minimum Gasteiger partial charge on any atom is -0.395 e. The van der Waals surface area contributed by atoms with E-state index in [-0.39, 0.29) is 18.7 Å². The lowest BCUT2D eigenvalue weighted by molar-refractivity contribution is 0.0897. The van der Waals surface area contributed by atoms with E-state index in [9.17, 15) is 5.11 Å². The molecule has 2 atom stereocenters. The molecule has 106 valence electrons. The standard InChI is InChI=1S/C15H30N2O/c1-11(2)7-14(16)15(10-18)17(8-12-3-4-12)9-13-5-6-13/h11-15,18H,3-10,16H2,1-2H3. The Hall–Kier alpha value is -0.120. The predicted molar refractivity (Wildman–Crippen MR) is 75.3 cm³/mol. The lowest BCUT2D eigenvalue weighted by atomic mass is 9.97. The highest BCUT2D eigenvalue weighted by atomic mass is 16.3. The summed E-state index contributed by atoms with van der Waals surface area (Å²) in [4.78, 5) is 2.50. The van der Waals surface area contributed by atoms with E-state index in [4.69, 9.17) is 5.73 Å². The van der Waals surface area contributed by atoms with Gasteiger partial charge in [-0.3, -0.25) is 4.90 Å². The smallest absolute Gasteiger partial charge is 0.0601 e. The third-order valence-corrected chi connectivity index (χ3v) is 4.27. The molecule has 3 N–H and O–H groups in total. The fourth-order valence-electron chi connectivity index (χ4n) is 2.83. The number of nitrogens with zero attached hydrogens (tertiary/aromatic N) is 1. The van der Waals surface area contributed by atoms with E-state index in [1.54, 1.807) is 0 Å². The van der Waals surface area contributed by atoms with Crippen LogP contribution in [-0.2, 0) is 0 Å². The Morgan fingerprint density at radius 3 is 1.94 bits per heavy atom. The average Bonchev–Trinajstić information content (AvgIpc) is 3.12. The van der Waals surface area contributed by atoms with Gasteiger partial charge in [0, 0.05) is 25.2 Å². The van der Waals surface area contributed by atoms with Crippen LogP contribution >= 0.6 is 0 Å². The van der Waals surface area contributed by atoms with Crippen LogP contribution in [0.1, 0.15) is 46.0 Å². The fraction of sp³-hybridized carbons (Fsp3) is 1.00. The largest absolute Gasteiger partial charge is 0.395 e. The van der Waals surface area contributed by atoms with Crippen molar-refractivity contribution in [3.8, 4) is 0 Å². The van der Waals surface area contributed by atoms with Crippen molar-refractivity contribution in [2.75, 3.05) is 19.7 Å². The number of hydrogen-bond donors (Lipinski definition) is 2. The highest BCUT2D eigenvalue weighted by Crippen LogP contribution is 2.35. The second-order valence-electron chi connectivity index (χ2n) is 6.88. The molecule has 2 saturated carbocycles. The molecule has 0 aliphatic heterocycles. The molecule has 2 rings (SSSR count). The Morgan fingerprint density at radius 2 is 1.61 bits per heavy atom. The van der Waals surface area contributed by atoms with Gasteiger partial charge in [0.05, 0.1) is 6.61 Å². The first-order valence-electron chi connectivity index (χ1n) is 7.70. The van der Waals surface area contributed by atoms with Crippen molar-refractivity contribution >= 4 is 0 Å². The third-order valence-electron chi connectivity index (χ3n) is 4.27. The van der Waals surface area contributed by atoms with Gasteiger partial charge in [0.1, 0.15) is 0 Å². The van der Waals surface area contributed by atoms with E-state index >= 15 is 0 Å². The summed E-state index contributed by atoms with van der Waals surface area (Å²) in [7, 11) is 0. The first-order valence-corrected chi connectivity index (χ1v) is 7.70. The van der Waals surface area contributed by atoms with Gasteiger partial charge in [0.25, 0.3) is 0 Å². The number of nitrogens with two attached hydrogens (primary N) is 1. The van der Waals surface area contributed by atoms with Gasteiger partial charge in [-0.1, -0.05) is 13.8 Å². The Kier molecular flexibility index (Phi) is 5.05. The van der Waals surface area contributed by atoms with Gasteiger partial charge in [0.2, 0.25) is 0 Å². The van der Waals surface area contributed by atoms with E-state index in [0.29, 0.717) is 5.92 Å². The average molecular weight is 254 g/mol. The summed E-state index contributed by atoms with van der Waals surface area (Å²) in [6.45, 7) is 6.95. The van der Waals surface area contributed by atoms with Gasteiger partial charge in [-0.15, -0.1) is 0 Å². The van der Waals surface area contributed by atoms with Crippen LogP contribution in [0.2, 0.25) is 0 Å². The highest BCUT2D eigenvalue weighted by molar-refractivity contribution is 4.89.